The lowest BCUT2D eigenvalue weighted by Crippen LogP contribution is -2.42. The van der Waals surface area contributed by atoms with E-state index in [1.165, 1.54) is 17.3 Å². The smallest absolute Gasteiger partial charge is 0.321 e. The second-order valence-electron chi connectivity index (χ2n) is 6.58. The van der Waals surface area contributed by atoms with Crippen LogP contribution in [-0.2, 0) is 0 Å². The van der Waals surface area contributed by atoms with E-state index in [9.17, 15) is 9.59 Å². The molecule has 0 saturated carbocycles. The van der Waals surface area contributed by atoms with Crippen molar-refractivity contribution in [2.24, 2.45) is 0 Å². The van der Waals surface area contributed by atoms with E-state index < -0.39 is 0 Å². The molecule has 0 unspecified atom stereocenters. The summed E-state index contributed by atoms with van der Waals surface area (Å²) in [6, 6.07) is 7.29. The van der Waals surface area contributed by atoms with E-state index in [1.807, 2.05) is 24.3 Å². The minimum absolute atomic E-state index is 0.153. The third-order valence-electron chi connectivity index (χ3n) is 4.62. The van der Waals surface area contributed by atoms with Crippen LogP contribution in [0.1, 0.15) is 23.2 Å². The van der Waals surface area contributed by atoms with Crippen molar-refractivity contribution in [3.8, 4) is 0 Å². The fourth-order valence-corrected chi connectivity index (χ4v) is 2.93. The molecule has 0 aliphatic carbocycles. The number of amides is 3. The van der Waals surface area contributed by atoms with Crippen molar-refractivity contribution in [2.75, 3.05) is 37.4 Å². The van der Waals surface area contributed by atoms with Gasteiger partial charge >= 0.3 is 6.03 Å². The molecule has 1 fully saturated rings. The van der Waals surface area contributed by atoms with E-state index in [4.69, 9.17) is 0 Å². The van der Waals surface area contributed by atoms with E-state index in [1.54, 1.807) is 14.1 Å². The molecule has 0 bridgehead atoms. The van der Waals surface area contributed by atoms with Gasteiger partial charge in [-0.1, -0.05) is 0 Å². The molecule has 9 heteroatoms. The number of hydrogen-bond donors (Lipinski definition) is 4. The molecule has 0 spiro atoms. The summed E-state index contributed by atoms with van der Waals surface area (Å²) in [5.74, 6) is 0.242. The number of nitrogens with zero attached hydrogens (tertiary/aromatic N) is 3. The summed E-state index contributed by atoms with van der Waals surface area (Å²) in [6.07, 6.45) is 4.88. The van der Waals surface area contributed by atoms with Gasteiger partial charge in [-0.15, -0.1) is 0 Å². The first-order valence-electron chi connectivity index (χ1n) is 9.23. The van der Waals surface area contributed by atoms with Gasteiger partial charge < -0.3 is 21.3 Å². The van der Waals surface area contributed by atoms with Crippen LogP contribution >= 0.6 is 0 Å². The number of rotatable bonds is 5. The summed E-state index contributed by atoms with van der Waals surface area (Å²) in [7, 11) is 3.28. The average Bonchev–Trinajstić information content (AvgIpc) is 2.74. The number of carbonyl (C=O) groups is 2. The molecule has 148 valence electrons. The van der Waals surface area contributed by atoms with Gasteiger partial charge in [-0.3, -0.25) is 9.69 Å². The molecule has 1 aliphatic rings. The predicted molar refractivity (Wildman–Crippen MR) is 108 cm³/mol. The standard InChI is InChI=1S/C19H25N7O2/c1-20-19(28)26(2)16-5-3-14(4-6-16)25-18-22-11-13(12-23-18)17(27)24-15-7-9-21-10-8-15/h3-6,11-12,15,21H,7-10H2,1-2H3,(H,20,28)(H,24,27)(H,22,23,25). The summed E-state index contributed by atoms with van der Waals surface area (Å²) in [4.78, 5) is 33.9. The zero-order valence-electron chi connectivity index (χ0n) is 16.0. The predicted octanol–water partition coefficient (Wildman–Crippen LogP) is 1.48. The number of carbonyl (C=O) groups excluding carboxylic acids is 2. The van der Waals surface area contributed by atoms with Crippen LogP contribution in [0.2, 0.25) is 0 Å². The fraction of sp³-hybridized carbons (Fsp3) is 0.368. The normalized spacial score (nSPS) is 14.2. The Labute approximate surface area is 163 Å². The van der Waals surface area contributed by atoms with Gasteiger partial charge in [-0.2, -0.15) is 0 Å². The van der Waals surface area contributed by atoms with Crippen molar-refractivity contribution in [3.05, 3.63) is 42.2 Å². The van der Waals surface area contributed by atoms with Crippen LogP contribution in [0.5, 0.6) is 0 Å². The third kappa shape index (κ3) is 4.95. The molecular formula is C19H25N7O2. The van der Waals surface area contributed by atoms with E-state index in [2.05, 4.69) is 31.2 Å². The highest BCUT2D eigenvalue weighted by Gasteiger charge is 2.17. The number of piperidine rings is 1. The van der Waals surface area contributed by atoms with E-state index in [0.29, 0.717) is 11.5 Å². The Morgan fingerprint density at radius 1 is 1.11 bits per heavy atom. The van der Waals surface area contributed by atoms with Gasteiger partial charge in [-0.05, 0) is 50.2 Å². The number of benzene rings is 1. The largest absolute Gasteiger partial charge is 0.349 e. The fourth-order valence-electron chi connectivity index (χ4n) is 2.93. The molecule has 3 amide bonds. The van der Waals surface area contributed by atoms with Crippen molar-refractivity contribution in [1.29, 1.82) is 0 Å². The molecule has 0 radical (unpaired) electrons. The second kappa shape index (κ2) is 9.14. The molecule has 28 heavy (non-hydrogen) atoms. The lowest BCUT2D eigenvalue weighted by atomic mass is 10.1. The number of aromatic nitrogens is 2. The SMILES string of the molecule is CNC(=O)N(C)c1ccc(Nc2ncc(C(=O)NC3CCNCC3)cn2)cc1. The van der Waals surface area contributed by atoms with Gasteiger partial charge in [0, 0.05) is 43.9 Å². The van der Waals surface area contributed by atoms with Gasteiger partial charge in [0.1, 0.15) is 0 Å². The molecule has 1 aromatic heterocycles. The summed E-state index contributed by atoms with van der Waals surface area (Å²) < 4.78 is 0. The Hall–Kier alpha value is -3.20. The van der Waals surface area contributed by atoms with Crippen LogP contribution < -0.4 is 26.2 Å². The van der Waals surface area contributed by atoms with Gasteiger partial charge in [0.05, 0.1) is 5.56 Å². The van der Waals surface area contributed by atoms with Crippen molar-refractivity contribution < 1.29 is 9.59 Å². The van der Waals surface area contributed by atoms with Crippen molar-refractivity contribution in [2.45, 2.75) is 18.9 Å². The third-order valence-corrected chi connectivity index (χ3v) is 4.62. The van der Waals surface area contributed by atoms with Crippen LogP contribution in [0.3, 0.4) is 0 Å². The lowest BCUT2D eigenvalue weighted by Gasteiger charge is -2.23. The van der Waals surface area contributed by atoms with E-state index in [0.717, 1.165) is 37.3 Å². The van der Waals surface area contributed by atoms with Crippen molar-refractivity contribution in [3.63, 3.8) is 0 Å². The molecule has 3 rings (SSSR count). The maximum atomic E-state index is 12.3. The zero-order valence-corrected chi connectivity index (χ0v) is 16.0. The molecular weight excluding hydrogens is 358 g/mol. The molecule has 1 aromatic carbocycles. The maximum absolute atomic E-state index is 12.3. The van der Waals surface area contributed by atoms with Crippen LogP contribution in [0.4, 0.5) is 22.1 Å². The Balaban J connectivity index is 1.57. The molecule has 1 aliphatic heterocycles. The van der Waals surface area contributed by atoms with Crippen molar-refractivity contribution >= 4 is 29.3 Å². The molecule has 0 atom stereocenters. The van der Waals surface area contributed by atoms with Crippen LogP contribution in [0, 0.1) is 0 Å². The summed E-state index contributed by atoms with van der Waals surface area (Å²) in [5, 5.41) is 11.9. The van der Waals surface area contributed by atoms with E-state index in [-0.39, 0.29) is 18.0 Å². The first kappa shape index (κ1) is 19.6. The highest BCUT2D eigenvalue weighted by atomic mass is 16.2. The first-order valence-corrected chi connectivity index (χ1v) is 9.23. The molecule has 9 nitrogen and oxygen atoms in total. The quantitative estimate of drug-likeness (QED) is 0.622. The second-order valence-corrected chi connectivity index (χ2v) is 6.58. The summed E-state index contributed by atoms with van der Waals surface area (Å²) in [5.41, 5.74) is 1.98. The van der Waals surface area contributed by atoms with Gasteiger partial charge in [0.25, 0.3) is 5.91 Å². The Bertz CT molecular complexity index is 802. The highest BCUT2D eigenvalue weighted by Crippen LogP contribution is 2.19. The molecule has 2 aromatic rings. The number of anilines is 3. The Morgan fingerprint density at radius 3 is 2.36 bits per heavy atom. The first-order chi connectivity index (χ1) is 13.6. The average molecular weight is 383 g/mol. The zero-order chi connectivity index (χ0) is 19.9. The van der Waals surface area contributed by atoms with Gasteiger partial charge in [0.2, 0.25) is 5.95 Å². The van der Waals surface area contributed by atoms with Crippen LogP contribution in [0.15, 0.2) is 36.7 Å². The molecule has 1 saturated heterocycles. The van der Waals surface area contributed by atoms with Gasteiger partial charge in [-0.25, -0.2) is 14.8 Å². The molecule has 2 heterocycles. The van der Waals surface area contributed by atoms with Crippen LogP contribution in [0.25, 0.3) is 0 Å². The minimum Gasteiger partial charge on any atom is -0.349 e. The maximum Gasteiger partial charge on any atom is 0.321 e. The topological polar surface area (TPSA) is 111 Å². The highest BCUT2D eigenvalue weighted by molar-refractivity contribution is 5.94. The molecule has 4 N–H and O–H groups in total. The summed E-state index contributed by atoms with van der Waals surface area (Å²) >= 11 is 0. The van der Waals surface area contributed by atoms with Gasteiger partial charge in [0.15, 0.2) is 0 Å². The minimum atomic E-state index is -0.192. The van der Waals surface area contributed by atoms with E-state index >= 15 is 0 Å². The monoisotopic (exact) mass is 383 g/mol. The number of hydrogen-bond acceptors (Lipinski definition) is 6. The lowest BCUT2D eigenvalue weighted by molar-refractivity contribution is 0.0929. The number of nitrogens with one attached hydrogen (secondary N) is 4. The Kier molecular flexibility index (Phi) is 6.38. The summed E-state index contributed by atoms with van der Waals surface area (Å²) in [6.45, 7) is 1.84. The number of urea groups is 1. The van der Waals surface area contributed by atoms with Crippen molar-refractivity contribution in [1.82, 2.24) is 25.9 Å². The Morgan fingerprint density at radius 2 is 1.75 bits per heavy atom. The van der Waals surface area contributed by atoms with Crippen LogP contribution in [-0.4, -0.2) is 55.1 Å².